The van der Waals surface area contributed by atoms with Gasteiger partial charge in [-0.1, -0.05) is 15.9 Å². The van der Waals surface area contributed by atoms with Crippen LogP contribution in [0.2, 0.25) is 0 Å². The number of anilines is 1. The molecule has 90 valence electrons. The van der Waals surface area contributed by atoms with Crippen LogP contribution in [0.1, 0.15) is 0 Å². The molecular formula is C13H11BrN4. The molecule has 0 saturated heterocycles. The second-order valence-electron chi connectivity index (χ2n) is 3.91. The molecule has 0 radical (unpaired) electrons. The fourth-order valence-corrected chi connectivity index (χ4v) is 2.30. The Bertz CT molecular complexity index is 705. The van der Waals surface area contributed by atoms with Gasteiger partial charge in [0.15, 0.2) is 0 Å². The van der Waals surface area contributed by atoms with Crippen molar-refractivity contribution < 1.29 is 0 Å². The van der Waals surface area contributed by atoms with E-state index in [9.17, 15) is 0 Å². The van der Waals surface area contributed by atoms with E-state index >= 15 is 0 Å². The summed E-state index contributed by atoms with van der Waals surface area (Å²) in [6.07, 6.45) is 3.73. The van der Waals surface area contributed by atoms with Crippen LogP contribution in [0.4, 0.5) is 5.95 Å². The summed E-state index contributed by atoms with van der Waals surface area (Å²) in [5.74, 6) is 0.622. The van der Waals surface area contributed by atoms with Gasteiger partial charge in [0.05, 0.1) is 5.69 Å². The Hall–Kier alpha value is -1.88. The monoisotopic (exact) mass is 302 g/mol. The van der Waals surface area contributed by atoms with Gasteiger partial charge in [-0.25, -0.2) is 9.97 Å². The highest BCUT2D eigenvalue weighted by Crippen LogP contribution is 2.29. The Kier molecular flexibility index (Phi) is 2.76. The van der Waals surface area contributed by atoms with E-state index in [0.29, 0.717) is 5.95 Å². The summed E-state index contributed by atoms with van der Waals surface area (Å²) in [7, 11) is 1.81. The highest BCUT2D eigenvalue weighted by atomic mass is 79.9. The Balaban J connectivity index is 2.21. The highest BCUT2D eigenvalue weighted by Gasteiger charge is 2.08. The maximum atomic E-state index is 4.46. The summed E-state index contributed by atoms with van der Waals surface area (Å²) >= 11 is 3.49. The van der Waals surface area contributed by atoms with Crippen molar-refractivity contribution in [2.75, 3.05) is 12.4 Å². The van der Waals surface area contributed by atoms with Crippen LogP contribution in [-0.2, 0) is 0 Å². The van der Waals surface area contributed by atoms with Crippen LogP contribution in [0.3, 0.4) is 0 Å². The molecule has 0 aliphatic heterocycles. The average molecular weight is 303 g/mol. The third-order valence-corrected chi connectivity index (χ3v) is 3.29. The molecule has 0 unspecified atom stereocenters. The molecule has 1 aromatic carbocycles. The Morgan fingerprint density at radius 3 is 3.00 bits per heavy atom. The number of aromatic nitrogens is 3. The van der Waals surface area contributed by atoms with Crippen molar-refractivity contribution in [3.05, 3.63) is 41.1 Å². The van der Waals surface area contributed by atoms with Crippen molar-refractivity contribution in [2.45, 2.75) is 0 Å². The van der Waals surface area contributed by atoms with Crippen LogP contribution in [0.5, 0.6) is 0 Å². The van der Waals surface area contributed by atoms with Gasteiger partial charge < -0.3 is 10.3 Å². The number of nitrogens with zero attached hydrogens (tertiary/aromatic N) is 2. The maximum absolute atomic E-state index is 4.46. The van der Waals surface area contributed by atoms with E-state index in [4.69, 9.17) is 0 Å². The SMILES string of the molecule is CNc1nccc(-c2c[nH]c3ccc(Br)cc23)n1. The molecule has 3 aromatic rings. The first-order valence-corrected chi connectivity index (χ1v) is 6.35. The normalized spacial score (nSPS) is 10.8. The number of fused-ring (bicyclic) bond motifs is 1. The Morgan fingerprint density at radius 1 is 1.28 bits per heavy atom. The van der Waals surface area contributed by atoms with Crippen LogP contribution >= 0.6 is 15.9 Å². The zero-order chi connectivity index (χ0) is 12.5. The lowest BCUT2D eigenvalue weighted by Crippen LogP contribution is -1.96. The molecule has 4 nitrogen and oxygen atoms in total. The second kappa shape index (κ2) is 4.42. The molecule has 0 amide bonds. The van der Waals surface area contributed by atoms with Crippen molar-refractivity contribution in [2.24, 2.45) is 0 Å². The van der Waals surface area contributed by atoms with E-state index in [1.54, 1.807) is 6.20 Å². The molecule has 0 aliphatic rings. The van der Waals surface area contributed by atoms with E-state index in [-0.39, 0.29) is 0 Å². The number of H-pyrrole nitrogens is 1. The van der Waals surface area contributed by atoms with Gasteiger partial charge in [0.1, 0.15) is 0 Å². The fraction of sp³-hybridized carbons (Fsp3) is 0.0769. The predicted molar refractivity (Wildman–Crippen MR) is 76.6 cm³/mol. The number of rotatable bonds is 2. The minimum Gasteiger partial charge on any atom is -0.360 e. The molecule has 5 heteroatoms. The van der Waals surface area contributed by atoms with E-state index in [1.807, 2.05) is 31.4 Å². The van der Waals surface area contributed by atoms with Gasteiger partial charge in [0.25, 0.3) is 0 Å². The van der Waals surface area contributed by atoms with Crippen molar-refractivity contribution in [1.82, 2.24) is 15.0 Å². The molecule has 0 saturated carbocycles. The molecule has 18 heavy (non-hydrogen) atoms. The van der Waals surface area contributed by atoms with Crippen LogP contribution in [-0.4, -0.2) is 22.0 Å². The molecule has 0 aliphatic carbocycles. The first-order valence-electron chi connectivity index (χ1n) is 5.56. The molecule has 2 aromatic heterocycles. The maximum Gasteiger partial charge on any atom is 0.222 e. The summed E-state index contributed by atoms with van der Waals surface area (Å²) in [4.78, 5) is 11.8. The van der Waals surface area contributed by atoms with Gasteiger partial charge in [-0.2, -0.15) is 0 Å². The molecule has 0 spiro atoms. The minimum absolute atomic E-state index is 0.622. The molecular weight excluding hydrogens is 292 g/mol. The summed E-state index contributed by atoms with van der Waals surface area (Å²) in [6.45, 7) is 0. The van der Waals surface area contributed by atoms with E-state index in [1.165, 1.54) is 0 Å². The Labute approximate surface area is 113 Å². The van der Waals surface area contributed by atoms with Crippen LogP contribution in [0, 0.1) is 0 Å². The molecule has 0 fully saturated rings. The van der Waals surface area contributed by atoms with Crippen molar-refractivity contribution in [1.29, 1.82) is 0 Å². The molecule has 2 N–H and O–H groups in total. The number of halogens is 1. The lowest BCUT2D eigenvalue weighted by molar-refractivity contribution is 1.16. The van der Waals surface area contributed by atoms with Crippen molar-refractivity contribution >= 4 is 32.8 Å². The van der Waals surface area contributed by atoms with Crippen LogP contribution in [0.25, 0.3) is 22.2 Å². The first kappa shape index (κ1) is 11.2. The lowest BCUT2D eigenvalue weighted by Gasteiger charge is -2.02. The summed E-state index contributed by atoms with van der Waals surface area (Å²) < 4.78 is 1.05. The smallest absolute Gasteiger partial charge is 0.222 e. The minimum atomic E-state index is 0.622. The topological polar surface area (TPSA) is 53.6 Å². The van der Waals surface area contributed by atoms with E-state index in [0.717, 1.165) is 26.6 Å². The van der Waals surface area contributed by atoms with Gasteiger partial charge >= 0.3 is 0 Å². The number of benzene rings is 1. The standard InChI is InChI=1S/C13H11BrN4/c1-15-13-16-5-4-12(18-13)10-7-17-11-3-2-8(14)6-9(10)11/h2-7,17H,1H3,(H,15,16,18). The largest absolute Gasteiger partial charge is 0.360 e. The predicted octanol–water partition coefficient (Wildman–Crippen LogP) is 3.43. The third-order valence-electron chi connectivity index (χ3n) is 2.80. The van der Waals surface area contributed by atoms with Crippen LogP contribution in [0.15, 0.2) is 41.1 Å². The second-order valence-corrected chi connectivity index (χ2v) is 4.82. The van der Waals surface area contributed by atoms with Gasteiger partial charge in [0, 0.05) is 40.4 Å². The van der Waals surface area contributed by atoms with Crippen LogP contribution < -0.4 is 5.32 Å². The molecule has 0 atom stereocenters. The van der Waals surface area contributed by atoms with Crippen molar-refractivity contribution in [3.8, 4) is 11.3 Å². The molecule has 0 bridgehead atoms. The van der Waals surface area contributed by atoms with Gasteiger partial charge in [-0.15, -0.1) is 0 Å². The fourth-order valence-electron chi connectivity index (χ4n) is 1.93. The number of aromatic amines is 1. The van der Waals surface area contributed by atoms with E-state index in [2.05, 4.69) is 42.3 Å². The van der Waals surface area contributed by atoms with Gasteiger partial charge in [-0.05, 0) is 24.3 Å². The summed E-state index contributed by atoms with van der Waals surface area (Å²) in [5.41, 5.74) is 3.07. The number of hydrogen-bond donors (Lipinski definition) is 2. The molecule has 2 heterocycles. The zero-order valence-corrected chi connectivity index (χ0v) is 11.3. The average Bonchev–Trinajstić information content (AvgIpc) is 2.81. The van der Waals surface area contributed by atoms with Gasteiger partial charge in [-0.3, -0.25) is 0 Å². The summed E-state index contributed by atoms with van der Waals surface area (Å²) in [6, 6.07) is 8.05. The van der Waals surface area contributed by atoms with E-state index < -0.39 is 0 Å². The number of hydrogen-bond acceptors (Lipinski definition) is 3. The van der Waals surface area contributed by atoms with Crippen molar-refractivity contribution in [3.63, 3.8) is 0 Å². The lowest BCUT2D eigenvalue weighted by atomic mass is 10.1. The Morgan fingerprint density at radius 2 is 2.17 bits per heavy atom. The quantitative estimate of drug-likeness (QED) is 0.762. The summed E-state index contributed by atoms with van der Waals surface area (Å²) in [5, 5.41) is 4.09. The zero-order valence-electron chi connectivity index (χ0n) is 9.74. The third kappa shape index (κ3) is 1.86. The van der Waals surface area contributed by atoms with Gasteiger partial charge in [0.2, 0.25) is 5.95 Å². The first-order chi connectivity index (χ1) is 8.78. The highest BCUT2D eigenvalue weighted by molar-refractivity contribution is 9.10. The number of nitrogens with one attached hydrogen (secondary N) is 2. The molecule has 3 rings (SSSR count).